The maximum Gasteiger partial charge on any atom is 0.0713 e. The summed E-state index contributed by atoms with van der Waals surface area (Å²) >= 11 is 2.08. The number of likely N-dealkylation sites (tertiary alicyclic amines) is 1. The summed E-state index contributed by atoms with van der Waals surface area (Å²) in [6, 6.07) is 0.730. The van der Waals surface area contributed by atoms with Gasteiger partial charge in [0.1, 0.15) is 0 Å². The third-order valence-electron chi connectivity index (χ3n) is 5.48. The van der Waals surface area contributed by atoms with E-state index in [9.17, 15) is 5.11 Å². The number of nitrogens with zero attached hydrogens (tertiary/aromatic N) is 1. The zero-order valence-electron chi connectivity index (χ0n) is 12.6. The van der Waals surface area contributed by atoms with Crippen LogP contribution in [0.1, 0.15) is 44.9 Å². The van der Waals surface area contributed by atoms with E-state index < -0.39 is 0 Å². The van der Waals surface area contributed by atoms with Gasteiger partial charge in [0, 0.05) is 25.8 Å². The van der Waals surface area contributed by atoms with E-state index in [1.807, 2.05) is 0 Å². The molecule has 0 aliphatic carbocycles. The molecule has 0 amide bonds. The lowest BCUT2D eigenvalue weighted by atomic mass is 9.83. The predicted molar refractivity (Wildman–Crippen MR) is 84.3 cm³/mol. The van der Waals surface area contributed by atoms with Gasteiger partial charge in [-0.3, -0.25) is 4.90 Å². The van der Waals surface area contributed by atoms with Gasteiger partial charge in [0.25, 0.3) is 0 Å². The van der Waals surface area contributed by atoms with Crippen LogP contribution in [0.4, 0.5) is 0 Å². The van der Waals surface area contributed by atoms with Crippen molar-refractivity contribution in [2.45, 2.75) is 56.6 Å². The van der Waals surface area contributed by atoms with Gasteiger partial charge in [0.15, 0.2) is 0 Å². The van der Waals surface area contributed by atoms with Crippen molar-refractivity contribution in [3.63, 3.8) is 0 Å². The Kier molecular flexibility index (Phi) is 5.29. The summed E-state index contributed by atoms with van der Waals surface area (Å²) in [5.41, 5.74) is 0.206. The van der Waals surface area contributed by atoms with Gasteiger partial charge < -0.3 is 9.84 Å². The number of hydrogen-bond acceptors (Lipinski definition) is 4. The molecule has 0 radical (unpaired) electrons. The van der Waals surface area contributed by atoms with Gasteiger partial charge in [0.05, 0.1) is 5.60 Å². The second-order valence-electron chi connectivity index (χ2n) is 6.81. The molecular weight excluding hydrogens is 270 g/mol. The molecule has 0 aromatic heterocycles. The monoisotopic (exact) mass is 299 g/mol. The van der Waals surface area contributed by atoms with E-state index in [0.29, 0.717) is 6.61 Å². The van der Waals surface area contributed by atoms with E-state index in [1.54, 1.807) is 0 Å². The summed E-state index contributed by atoms with van der Waals surface area (Å²) in [6.07, 6.45) is 8.57. The average molecular weight is 299 g/mol. The van der Waals surface area contributed by atoms with Crippen LogP contribution in [0.5, 0.6) is 0 Å². The molecule has 3 saturated heterocycles. The predicted octanol–water partition coefficient (Wildman–Crippen LogP) is 2.53. The van der Waals surface area contributed by atoms with Gasteiger partial charge in [-0.15, -0.1) is 0 Å². The Morgan fingerprint density at radius 1 is 1.25 bits per heavy atom. The number of thioether (sulfide) groups is 1. The van der Waals surface area contributed by atoms with Crippen LogP contribution in [0.2, 0.25) is 0 Å². The van der Waals surface area contributed by atoms with E-state index in [-0.39, 0.29) is 5.60 Å². The summed E-state index contributed by atoms with van der Waals surface area (Å²) in [4.78, 5) is 2.72. The maximum atomic E-state index is 9.17. The van der Waals surface area contributed by atoms with Gasteiger partial charge >= 0.3 is 0 Å². The van der Waals surface area contributed by atoms with E-state index in [1.165, 1.54) is 63.1 Å². The molecular formula is C16H29NO2S. The Labute approximate surface area is 127 Å². The lowest BCUT2D eigenvalue weighted by Gasteiger charge is -2.48. The maximum absolute atomic E-state index is 9.17. The van der Waals surface area contributed by atoms with Gasteiger partial charge in [0.2, 0.25) is 0 Å². The van der Waals surface area contributed by atoms with Crippen LogP contribution in [0.3, 0.4) is 0 Å². The Hall–Kier alpha value is 0.230. The van der Waals surface area contributed by atoms with E-state index in [2.05, 4.69) is 16.7 Å². The van der Waals surface area contributed by atoms with Crippen LogP contribution in [0.25, 0.3) is 0 Å². The fraction of sp³-hybridized carbons (Fsp3) is 1.00. The number of ether oxygens (including phenoxy) is 1. The highest BCUT2D eigenvalue weighted by atomic mass is 32.2. The first-order valence-corrected chi connectivity index (χ1v) is 9.53. The molecule has 3 aliphatic heterocycles. The molecule has 3 fully saturated rings. The minimum absolute atomic E-state index is 0.206. The van der Waals surface area contributed by atoms with E-state index in [0.717, 1.165) is 25.0 Å². The second kappa shape index (κ2) is 6.99. The van der Waals surface area contributed by atoms with Gasteiger partial charge in [-0.2, -0.15) is 11.8 Å². The highest BCUT2D eigenvalue weighted by Crippen LogP contribution is 2.39. The largest absolute Gasteiger partial charge is 0.396 e. The molecule has 0 bridgehead atoms. The van der Waals surface area contributed by atoms with Crippen molar-refractivity contribution in [2.75, 3.05) is 37.8 Å². The van der Waals surface area contributed by atoms with Crippen molar-refractivity contribution >= 4 is 11.8 Å². The molecule has 3 nitrogen and oxygen atoms in total. The number of aliphatic hydroxyl groups excluding tert-OH is 1. The van der Waals surface area contributed by atoms with Crippen molar-refractivity contribution in [1.29, 1.82) is 0 Å². The van der Waals surface area contributed by atoms with Crippen LogP contribution < -0.4 is 0 Å². The SMILES string of the molecule is OCCC1CCCN(C2CCOC3(CCSCC3)C2)C1. The van der Waals surface area contributed by atoms with Crippen LogP contribution in [0, 0.1) is 5.92 Å². The van der Waals surface area contributed by atoms with Gasteiger partial charge in [-0.25, -0.2) is 0 Å². The smallest absolute Gasteiger partial charge is 0.0713 e. The fourth-order valence-corrected chi connectivity index (χ4v) is 5.49. The molecule has 3 heterocycles. The van der Waals surface area contributed by atoms with Crippen molar-refractivity contribution in [2.24, 2.45) is 5.92 Å². The average Bonchev–Trinajstić information content (AvgIpc) is 2.49. The Balaban J connectivity index is 1.58. The van der Waals surface area contributed by atoms with Crippen molar-refractivity contribution in [3.8, 4) is 0 Å². The van der Waals surface area contributed by atoms with Crippen LogP contribution in [-0.4, -0.2) is 59.5 Å². The summed E-state index contributed by atoms with van der Waals surface area (Å²) in [6.45, 7) is 3.78. The molecule has 0 aromatic carbocycles. The minimum atomic E-state index is 0.206. The Morgan fingerprint density at radius 3 is 2.90 bits per heavy atom. The molecule has 2 unspecified atom stereocenters. The Morgan fingerprint density at radius 2 is 2.10 bits per heavy atom. The number of piperidine rings is 1. The zero-order chi connectivity index (χ0) is 13.8. The lowest BCUT2D eigenvalue weighted by molar-refractivity contribution is -0.114. The topological polar surface area (TPSA) is 32.7 Å². The number of rotatable bonds is 3. The third kappa shape index (κ3) is 3.52. The molecule has 2 atom stereocenters. The molecule has 0 aromatic rings. The van der Waals surface area contributed by atoms with Crippen LogP contribution in [-0.2, 0) is 4.74 Å². The molecule has 0 saturated carbocycles. The van der Waals surface area contributed by atoms with Crippen molar-refractivity contribution in [3.05, 3.63) is 0 Å². The normalized spacial score (nSPS) is 35.2. The van der Waals surface area contributed by atoms with Crippen molar-refractivity contribution < 1.29 is 9.84 Å². The summed E-state index contributed by atoms with van der Waals surface area (Å²) < 4.78 is 6.22. The Bertz CT molecular complexity index is 299. The first-order chi connectivity index (χ1) is 9.81. The summed E-state index contributed by atoms with van der Waals surface area (Å²) in [5, 5.41) is 9.17. The molecule has 3 aliphatic rings. The quantitative estimate of drug-likeness (QED) is 0.868. The standard InChI is InChI=1S/C16H29NO2S/c18-8-3-14-2-1-7-17(13-14)15-4-9-19-16(12-15)5-10-20-11-6-16/h14-15,18H,1-13H2. The van der Waals surface area contributed by atoms with Crippen LogP contribution in [0.15, 0.2) is 0 Å². The molecule has 1 N–H and O–H groups in total. The molecule has 1 spiro atoms. The van der Waals surface area contributed by atoms with Gasteiger partial charge in [-0.05, 0) is 68.9 Å². The number of aliphatic hydroxyl groups is 1. The zero-order valence-corrected chi connectivity index (χ0v) is 13.4. The molecule has 116 valence electrons. The first-order valence-electron chi connectivity index (χ1n) is 8.38. The summed E-state index contributed by atoms with van der Waals surface area (Å²) in [7, 11) is 0. The van der Waals surface area contributed by atoms with Crippen LogP contribution >= 0.6 is 11.8 Å². The molecule has 20 heavy (non-hydrogen) atoms. The highest BCUT2D eigenvalue weighted by molar-refractivity contribution is 7.99. The third-order valence-corrected chi connectivity index (χ3v) is 6.46. The summed E-state index contributed by atoms with van der Waals surface area (Å²) in [5.74, 6) is 3.27. The minimum Gasteiger partial charge on any atom is -0.396 e. The first kappa shape index (κ1) is 15.1. The lowest BCUT2D eigenvalue weighted by Crippen LogP contribution is -2.52. The van der Waals surface area contributed by atoms with Crippen molar-refractivity contribution in [1.82, 2.24) is 4.90 Å². The second-order valence-corrected chi connectivity index (χ2v) is 8.03. The van der Waals surface area contributed by atoms with Gasteiger partial charge in [-0.1, -0.05) is 0 Å². The highest BCUT2D eigenvalue weighted by Gasteiger charge is 2.41. The van der Waals surface area contributed by atoms with E-state index >= 15 is 0 Å². The van der Waals surface area contributed by atoms with E-state index in [4.69, 9.17) is 4.74 Å². The fourth-order valence-electron chi connectivity index (χ4n) is 4.25. The molecule has 4 heteroatoms. The number of hydrogen-bond donors (Lipinski definition) is 1. The molecule has 3 rings (SSSR count).